The summed E-state index contributed by atoms with van der Waals surface area (Å²) >= 11 is 0. The molecule has 1 heterocycles. The van der Waals surface area contributed by atoms with E-state index in [-0.39, 0.29) is 0 Å². The molecule has 3 heteroatoms. The molecule has 0 radical (unpaired) electrons. The van der Waals surface area contributed by atoms with Gasteiger partial charge >= 0.3 is 0 Å². The fraction of sp³-hybridized carbons (Fsp3) is 0.389. The Morgan fingerprint density at radius 1 is 1.05 bits per heavy atom. The molecule has 0 unspecified atom stereocenters. The second-order valence-corrected chi connectivity index (χ2v) is 5.79. The molecule has 2 aromatic rings. The van der Waals surface area contributed by atoms with Crippen molar-refractivity contribution >= 4 is 0 Å². The zero-order valence-corrected chi connectivity index (χ0v) is 13.2. The minimum atomic E-state index is 0.567. The molecular weight excluding hydrogens is 258 g/mol. The summed E-state index contributed by atoms with van der Waals surface area (Å²) in [4.78, 5) is 6.48. The van der Waals surface area contributed by atoms with Gasteiger partial charge in [-0.15, -0.1) is 0 Å². The Kier molecular flexibility index (Phi) is 5.90. The summed E-state index contributed by atoms with van der Waals surface area (Å²) in [6, 6.07) is 13.4. The summed E-state index contributed by atoms with van der Waals surface area (Å²) in [5.74, 6) is 0. The van der Waals surface area contributed by atoms with E-state index in [9.17, 15) is 0 Å². The fourth-order valence-electron chi connectivity index (χ4n) is 2.16. The Morgan fingerprint density at radius 2 is 1.76 bits per heavy atom. The normalized spacial score (nSPS) is 11.3. The molecule has 2 rings (SSSR count). The van der Waals surface area contributed by atoms with E-state index < -0.39 is 0 Å². The van der Waals surface area contributed by atoms with Gasteiger partial charge in [0, 0.05) is 38.1 Å². The molecule has 3 nitrogen and oxygen atoms in total. The Hall–Kier alpha value is -1.71. The van der Waals surface area contributed by atoms with Gasteiger partial charge in [0.15, 0.2) is 0 Å². The van der Waals surface area contributed by atoms with Crippen LogP contribution in [0, 0.1) is 0 Å². The maximum atomic E-state index is 4.13. The second-order valence-electron chi connectivity index (χ2n) is 5.79. The van der Waals surface area contributed by atoms with Crippen LogP contribution in [-0.2, 0) is 19.6 Å². The number of rotatable bonds is 7. The van der Waals surface area contributed by atoms with Crippen molar-refractivity contribution in [2.75, 3.05) is 7.05 Å². The van der Waals surface area contributed by atoms with Crippen LogP contribution in [0.25, 0.3) is 0 Å². The van der Waals surface area contributed by atoms with E-state index in [1.165, 1.54) is 16.7 Å². The Bertz CT molecular complexity index is 537. The number of pyridine rings is 1. The van der Waals surface area contributed by atoms with Crippen LogP contribution in [-0.4, -0.2) is 23.0 Å². The third-order valence-electron chi connectivity index (χ3n) is 3.69. The standard InChI is InChI=1S/C18H25N3/c1-15(2)21(3)14-17-7-4-6-16(10-17)11-20-13-18-8-5-9-19-12-18/h4-10,12,15,20H,11,13-14H2,1-3H3. The maximum Gasteiger partial charge on any atom is 0.0312 e. The summed E-state index contributed by atoms with van der Waals surface area (Å²) in [7, 11) is 2.16. The van der Waals surface area contributed by atoms with E-state index >= 15 is 0 Å². The highest BCUT2D eigenvalue weighted by molar-refractivity contribution is 5.23. The van der Waals surface area contributed by atoms with Gasteiger partial charge in [0.2, 0.25) is 0 Å². The molecule has 0 saturated carbocycles. The number of benzene rings is 1. The van der Waals surface area contributed by atoms with Crippen LogP contribution < -0.4 is 5.32 Å². The summed E-state index contributed by atoms with van der Waals surface area (Å²) in [5, 5.41) is 3.47. The number of aromatic nitrogens is 1. The highest BCUT2D eigenvalue weighted by Gasteiger charge is 2.04. The molecular formula is C18H25N3. The van der Waals surface area contributed by atoms with Gasteiger partial charge in [-0.3, -0.25) is 9.88 Å². The van der Waals surface area contributed by atoms with Crippen LogP contribution in [0.2, 0.25) is 0 Å². The number of nitrogens with one attached hydrogen (secondary N) is 1. The van der Waals surface area contributed by atoms with Gasteiger partial charge in [0.05, 0.1) is 0 Å². The zero-order chi connectivity index (χ0) is 15.1. The predicted octanol–water partition coefficient (Wildman–Crippen LogP) is 3.21. The fourth-order valence-corrected chi connectivity index (χ4v) is 2.16. The Labute approximate surface area is 128 Å². The highest BCUT2D eigenvalue weighted by Crippen LogP contribution is 2.09. The Morgan fingerprint density at radius 3 is 2.48 bits per heavy atom. The lowest BCUT2D eigenvalue weighted by Gasteiger charge is -2.21. The van der Waals surface area contributed by atoms with E-state index in [2.05, 4.69) is 66.4 Å². The number of hydrogen-bond acceptors (Lipinski definition) is 3. The molecule has 0 aliphatic heterocycles. The minimum Gasteiger partial charge on any atom is -0.309 e. The van der Waals surface area contributed by atoms with Crippen molar-refractivity contribution in [3.8, 4) is 0 Å². The van der Waals surface area contributed by atoms with Crippen molar-refractivity contribution in [2.24, 2.45) is 0 Å². The SMILES string of the molecule is CC(C)N(C)Cc1cccc(CNCc2cccnc2)c1. The Balaban J connectivity index is 1.86. The molecule has 112 valence electrons. The third kappa shape index (κ3) is 5.29. The van der Waals surface area contributed by atoms with E-state index in [0.717, 1.165) is 19.6 Å². The average molecular weight is 283 g/mol. The molecule has 21 heavy (non-hydrogen) atoms. The summed E-state index contributed by atoms with van der Waals surface area (Å²) < 4.78 is 0. The molecule has 0 atom stereocenters. The van der Waals surface area contributed by atoms with Crippen LogP contribution in [0.1, 0.15) is 30.5 Å². The van der Waals surface area contributed by atoms with E-state index in [4.69, 9.17) is 0 Å². The lowest BCUT2D eigenvalue weighted by atomic mass is 10.1. The quantitative estimate of drug-likeness (QED) is 0.845. The van der Waals surface area contributed by atoms with Gasteiger partial charge in [-0.2, -0.15) is 0 Å². The second kappa shape index (κ2) is 7.91. The first-order chi connectivity index (χ1) is 10.1. The van der Waals surface area contributed by atoms with E-state index in [0.29, 0.717) is 6.04 Å². The zero-order valence-electron chi connectivity index (χ0n) is 13.2. The number of nitrogens with zero attached hydrogens (tertiary/aromatic N) is 2. The largest absolute Gasteiger partial charge is 0.309 e. The average Bonchev–Trinajstić information content (AvgIpc) is 2.48. The maximum absolute atomic E-state index is 4.13. The van der Waals surface area contributed by atoms with Crippen LogP contribution in [0.15, 0.2) is 48.8 Å². The van der Waals surface area contributed by atoms with Crippen LogP contribution in [0.3, 0.4) is 0 Å². The van der Waals surface area contributed by atoms with Gasteiger partial charge in [0.1, 0.15) is 0 Å². The first-order valence-electron chi connectivity index (χ1n) is 7.53. The molecule has 1 N–H and O–H groups in total. The summed E-state index contributed by atoms with van der Waals surface area (Å²) in [6.07, 6.45) is 3.71. The third-order valence-corrected chi connectivity index (χ3v) is 3.69. The molecule has 0 bridgehead atoms. The number of hydrogen-bond donors (Lipinski definition) is 1. The molecule has 0 fully saturated rings. The van der Waals surface area contributed by atoms with Crippen LogP contribution >= 0.6 is 0 Å². The van der Waals surface area contributed by atoms with Gasteiger partial charge in [-0.25, -0.2) is 0 Å². The van der Waals surface area contributed by atoms with Crippen molar-refractivity contribution in [1.29, 1.82) is 0 Å². The smallest absolute Gasteiger partial charge is 0.0312 e. The van der Waals surface area contributed by atoms with Crippen molar-refractivity contribution in [3.63, 3.8) is 0 Å². The van der Waals surface area contributed by atoms with Crippen LogP contribution in [0.4, 0.5) is 0 Å². The van der Waals surface area contributed by atoms with Gasteiger partial charge < -0.3 is 5.32 Å². The topological polar surface area (TPSA) is 28.2 Å². The van der Waals surface area contributed by atoms with Crippen LogP contribution in [0.5, 0.6) is 0 Å². The van der Waals surface area contributed by atoms with Gasteiger partial charge in [-0.1, -0.05) is 30.3 Å². The molecule has 0 amide bonds. The van der Waals surface area contributed by atoms with Gasteiger partial charge in [-0.05, 0) is 43.7 Å². The highest BCUT2D eigenvalue weighted by atomic mass is 15.1. The molecule has 0 aliphatic rings. The summed E-state index contributed by atoms with van der Waals surface area (Å²) in [6.45, 7) is 7.17. The van der Waals surface area contributed by atoms with E-state index in [1.807, 2.05) is 12.3 Å². The molecule has 1 aromatic carbocycles. The monoisotopic (exact) mass is 283 g/mol. The molecule has 1 aromatic heterocycles. The summed E-state index contributed by atoms with van der Waals surface area (Å²) in [5.41, 5.74) is 3.91. The predicted molar refractivity (Wildman–Crippen MR) is 87.8 cm³/mol. The molecule has 0 aliphatic carbocycles. The van der Waals surface area contributed by atoms with Gasteiger partial charge in [0.25, 0.3) is 0 Å². The first-order valence-corrected chi connectivity index (χ1v) is 7.53. The van der Waals surface area contributed by atoms with E-state index in [1.54, 1.807) is 6.20 Å². The first kappa shape index (κ1) is 15.7. The lowest BCUT2D eigenvalue weighted by Crippen LogP contribution is -2.25. The lowest BCUT2D eigenvalue weighted by molar-refractivity contribution is 0.266. The van der Waals surface area contributed by atoms with Crippen molar-refractivity contribution < 1.29 is 0 Å². The molecule has 0 spiro atoms. The van der Waals surface area contributed by atoms with Crippen molar-refractivity contribution in [1.82, 2.24) is 15.2 Å². The van der Waals surface area contributed by atoms with Crippen molar-refractivity contribution in [2.45, 2.75) is 39.5 Å². The minimum absolute atomic E-state index is 0.567. The molecule has 0 saturated heterocycles. The van der Waals surface area contributed by atoms with Crippen molar-refractivity contribution in [3.05, 3.63) is 65.5 Å².